The molecule has 0 aliphatic rings. The van der Waals surface area contributed by atoms with Crippen LogP contribution in [0.4, 0.5) is 5.69 Å². The highest BCUT2D eigenvalue weighted by Crippen LogP contribution is 2.22. The topological polar surface area (TPSA) is 52.6 Å². The number of amides is 2. The van der Waals surface area contributed by atoms with Crippen LogP contribution in [0.15, 0.2) is 40.2 Å². The zero-order valence-corrected chi connectivity index (χ0v) is 17.9. The second-order valence-electron chi connectivity index (χ2n) is 6.21. The first kappa shape index (κ1) is 20.5. The normalized spacial score (nSPS) is 11.7. The second-order valence-corrected chi connectivity index (χ2v) is 8.68. The number of nitrogens with zero attached hydrogens (tertiary/aromatic N) is 2. The Morgan fingerprint density at radius 3 is 2.31 bits per heavy atom. The van der Waals surface area contributed by atoms with Crippen molar-refractivity contribution < 1.29 is 9.59 Å². The molecule has 0 aliphatic carbocycles. The van der Waals surface area contributed by atoms with E-state index in [0.29, 0.717) is 18.0 Å². The van der Waals surface area contributed by atoms with Crippen molar-refractivity contribution in [2.45, 2.75) is 26.4 Å². The Bertz CT molecular complexity index is 758. The number of halogens is 1. The molecule has 1 atom stereocenters. The van der Waals surface area contributed by atoms with E-state index in [1.165, 1.54) is 11.3 Å². The second kappa shape index (κ2) is 9.19. The van der Waals surface area contributed by atoms with Crippen LogP contribution in [0.25, 0.3) is 0 Å². The first-order chi connectivity index (χ1) is 12.3. The first-order valence-electron chi connectivity index (χ1n) is 8.43. The monoisotopic (exact) mass is 437 g/mol. The van der Waals surface area contributed by atoms with Gasteiger partial charge in [-0.15, -0.1) is 11.3 Å². The number of carbonyl (C=O) groups is 2. The molecule has 0 bridgehead atoms. The SMILES string of the molecule is CCN(Cc1ccc(N(C)C)cc1)C(=O)C(C)NC(=O)c1ccc(Br)s1. The predicted octanol–water partition coefficient (Wildman–Crippen LogP) is 3.74. The van der Waals surface area contributed by atoms with E-state index in [-0.39, 0.29) is 11.8 Å². The maximum atomic E-state index is 12.7. The van der Waals surface area contributed by atoms with E-state index in [0.717, 1.165) is 15.0 Å². The van der Waals surface area contributed by atoms with Crippen molar-refractivity contribution in [3.8, 4) is 0 Å². The van der Waals surface area contributed by atoms with E-state index in [9.17, 15) is 9.59 Å². The third-order valence-electron chi connectivity index (χ3n) is 4.03. The summed E-state index contributed by atoms with van der Waals surface area (Å²) in [6, 6.07) is 11.1. The van der Waals surface area contributed by atoms with Crippen molar-refractivity contribution in [3.05, 3.63) is 50.6 Å². The largest absolute Gasteiger partial charge is 0.378 e. The zero-order chi connectivity index (χ0) is 19.3. The van der Waals surface area contributed by atoms with E-state index in [2.05, 4.69) is 21.2 Å². The smallest absolute Gasteiger partial charge is 0.262 e. The highest BCUT2D eigenvalue weighted by atomic mass is 79.9. The number of thiophene rings is 1. The van der Waals surface area contributed by atoms with Crippen molar-refractivity contribution >= 4 is 44.8 Å². The maximum absolute atomic E-state index is 12.7. The molecule has 1 N–H and O–H groups in total. The molecular weight excluding hydrogens is 414 g/mol. The number of anilines is 1. The summed E-state index contributed by atoms with van der Waals surface area (Å²) in [5.74, 6) is -0.318. The van der Waals surface area contributed by atoms with Crippen LogP contribution in [0.3, 0.4) is 0 Å². The fourth-order valence-corrected chi connectivity index (χ4v) is 3.79. The fourth-order valence-electron chi connectivity index (χ4n) is 2.51. The Kier molecular flexibility index (Phi) is 7.23. The van der Waals surface area contributed by atoms with Gasteiger partial charge in [-0.05, 0) is 59.6 Å². The van der Waals surface area contributed by atoms with Crippen LogP contribution in [-0.4, -0.2) is 43.4 Å². The van der Waals surface area contributed by atoms with Gasteiger partial charge in [0.2, 0.25) is 5.91 Å². The molecule has 0 aliphatic heterocycles. The summed E-state index contributed by atoms with van der Waals surface area (Å²) in [6.07, 6.45) is 0. The summed E-state index contributed by atoms with van der Waals surface area (Å²) in [5.41, 5.74) is 2.18. The number of likely N-dealkylation sites (N-methyl/N-ethyl adjacent to an activating group) is 1. The molecule has 0 fully saturated rings. The van der Waals surface area contributed by atoms with Crippen LogP contribution in [0.1, 0.15) is 29.1 Å². The Labute approximate surface area is 167 Å². The molecule has 5 nitrogen and oxygen atoms in total. The minimum absolute atomic E-state index is 0.0897. The Hall–Kier alpha value is -1.86. The fraction of sp³-hybridized carbons (Fsp3) is 0.368. The number of hydrogen-bond donors (Lipinski definition) is 1. The number of hydrogen-bond acceptors (Lipinski definition) is 4. The van der Waals surface area contributed by atoms with Crippen LogP contribution in [-0.2, 0) is 11.3 Å². The molecule has 1 heterocycles. The van der Waals surface area contributed by atoms with E-state index in [4.69, 9.17) is 0 Å². The van der Waals surface area contributed by atoms with E-state index < -0.39 is 6.04 Å². The Balaban J connectivity index is 1.99. The lowest BCUT2D eigenvalue weighted by Crippen LogP contribution is -2.46. The van der Waals surface area contributed by atoms with Crippen LogP contribution >= 0.6 is 27.3 Å². The van der Waals surface area contributed by atoms with Crippen molar-refractivity contribution in [2.75, 3.05) is 25.5 Å². The van der Waals surface area contributed by atoms with Crippen molar-refractivity contribution in [2.24, 2.45) is 0 Å². The molecule has 1 aromatic carbocycles. The molecule has 1 aromatic heterocycles. The van der Waals surface area contributed by atoms with E-state index in [1.54, 1.807) is 17.9 Å². The van der Waals surface area contributed by atoms with Gasteiger partial charge in [0.1, 0.15) is 6.04 Å². The minimum atomic E-state index is -0.579. The predicted molar refractivity (Wildman–Crippen MR) is 111 cm³/mol. The highest BCUT2D eigenvalue weighted by Gasteiger charge is 2.22. The van der Waals surface area contributed by atoms with Gasteiger partial charge >= 0.3 is 0 Å². The van der Waals surface area contributed by atoms with Gasteiger partial charge < -0.3 is 15.1 Å². The summed E-state index contributed by atoms with van der Waals surface area (Å²) >= 11 is 4.69. The van der Waals surface area contributed by atoms with Crippen molar-refractivity contribution in [1.82, 2.24) is 10.2 Å². The zero-order valence-electron chi connectivity index (χ0n) is 15.5. The number of nitrogens with one attached hydrogen (secondary N) is 1. The number of rotatable bonds is 7. The van der Waals surface area contributed by atoms with E-state index >= 15 is 0 Å². The van der Waals surface area contributed by atoms with Gasteiger partial charge in [0, 0.05) is 32.9 Å². The van der Waals surface area contributed by atoms with E-state index in [1.807, 2.05) is 56.3 Å². The molecule has 26 heavy (non-hydrogen) atoms. The highest BCUT2D eigenvalue weighted by molar-refractivity contribution is 9.11. The maximum Gasteiger partial charge on any atom is 0.262 e. The molecule has 0 radical (unpaired) electrons. The molecule has 2 rings (SSSR count). The summed E-state index contributed by atoms with van der Waals surface area (Å²) < 4.78 is 0.887. The van der Waals surface area contributed by atoms with Gasteiger partial charge in [-0.25, -0.2) is 0 Å². The van der Waals surface area contributed by atoms with Gasteiger partial charge in [-0.3, -0.25) is 9.59 Å². The van der Waals surface area contributed by atoms with Crippen LogP contribution < -0.4 is 10.2 Å². The molecule has 2 amide bonds. The van der Waals surface area contributed by atoms with Crippen molar-refractivity contribution in [3.63, 3.8) is 0 Å². The molecule has 2 aromatic rings. The standard InChI is InChI=1S/C19H24BrN3O2S/c1-5-23(12-14-6-8-15(9-7-14)22(3)4)19(25)13(2)21-18(24)16-10-11-17(20)26-16/h6-11,13H,5,12H2,1-4H3,(H,21,24). The first-order valence-corrected chi connectivity index (χ1v) is 10.0. The molecule has 1 unspecified atom stereocenters. The Morgan fingerprint density at radius 2 is 1.81 bits per heavy atom. The third-order valence-corrected chi connectivity index (χ3v) is 5.66. The number of benzene rings is 1. The van der Waals surface area contributed by atoms with Gasteiger partial charge in [0.25, 0.3) is 5.91 Å². The summed E-state index contributed by atoms with van der Waals surface area (Å²) in [5, 5.41) is 2.79. The summed E-state index contributed by atoms with van der Waals surface area (Å²) in [6.45, 7) is 4.77. The van der Waals surface area contributed by atoms with Crippen LogP contribution in [0, 0.1) is 0 Å². The molecule has 0 spiro atoms. The number of carbonyl (C=O) groups excluding carboxylic acids is 2. The van der Waals surface area contributed by atoms with Gasteiger partial charge in [0.05, 0.1) is 8.66 Å². The average Bonchev–Trinajstić information content (AvgIpc) is 3.06. The van der Waals surface area contributed by atoms with Crippen LogP contribution in [0.2, 0.25) is 0 Å². The lowest BCUT2D eigenvalue weighted by atomic mass is 10.1. The quantitative estimate of drug-likeness (QED) is 0.717. The molecule has 0 saturated heterocycles. The summed E-state index contributed by atoms with van der Waals surface area (Å²) in [7, 11) is 3.99. The molecular formula is C19H24BrN3O2S. The lowest BCUT2D eigenvalue weighted by Gasteiger charge is -2.25. The van der Waals surface area contributed by atoms with Gasteiger partial charge in [0.15, 0.2) is 0 Å². The molecule has 7 heteroatoms. The van der Waals surface area contributed by atoms with Crippen molar-refractivity contribution in [1.29, 1.82) is 0 Å². The lowest BCUT2D eigenvalue weighted by molar-refractivity contribution is -0.133. The summed E-state index contributed by atoms with van der Waals surface area (Å²) in [4.78, 5) is 29.3. The molecule has 140 valence electrons. The molecule has 0 saturated carbocycles. The minimum Gasteiger partial charge on any atom is -0.378 e. The Morgan fingerprint density at radius 1 is 1.15 bits per heavy atom. The van der Waals surface area contributed by atoms with Gasteiger partial charge in [-0.1, -0.05) is 12.1 Å². The third kappa shape index (κ3) is 5.32. The average molecular weight is 438 g/mol. The van der Waals surface area contributed by atoms with Crippen LogP contribution in [0.5, 0.6) is 0 Å². The van der Waals surface area contributed by atoms with Gasteiger partial charge in [-0.2, -0.15) is 0 Å².